The summed E-state index contributed by atoms with van der Waals surface area (Å²) in [6.45, 7) is 5.33. The number of hydrogen-bond donors (Lipinski definition) is 1. The second-order valence-corrected chi connectivity index (χ2v) is 8.70. The highest BCUT2D eigenvalue weighted by molar-refractivity contribution is 7.99. The predicted octanol–water partition coefficient (Wildman–Crippen LogP) is 5.42. The minimum atomic E-state index is -0.0272. The van der Waals surface area contributed by atoms with Crippen molar-refractivity contribution in [2.24, 2.45) is 0 Å². The van der Waals surface area contributed by atoms with Gasteiger partial charge in [-0.15, -0.1) is 0 Å². The molecule has 8 heteroatoms. The topological polar surface area (TPSA) is 60.2 Å². The largest absolute Gasteiger partial charge is 0.394 e. The highest BCUT2D eigenvalue weighted by Crippen LogP contribution is 2.37. The van der Waals surface area contributed by atoms with Crippen molar-refractivity contribution in [1.29, 1.82) is 0 Å². The zero-order chi connectivity index (χ0) is 20.8. The van der Waals surface area contributed by atoms with E-state index in [0.29, 0.717) is 23.2 Å². The van der Waals surface area contributed by atoms with Gasteiger partial charge in [0, 0.05) is 21.1 Å². The first-order valence-electron chi connectivity index (χ1n) is 9.29. The fraction of sp³-hybridized carbons (Fsp3) is 0.333. The minimum Gasteiger partial charge on any atom is -0.394 e. The molecule has 0 unspecified atom stereocenters. The number of nitrogens with zero attached hydrogens (tertiary/aromatic N) is 3. The van der Waals surface area contributed by atoms with E-state index in [1.54, 1.807) is 24.0 Å². The number of hydrogen-bond acceptors (Lipinski definition) is 5. The molecule has 29 heavy (non-hydrogen) atoms. The van der Waals surface area contributed by atoms with Crippen molar-refractivity contribution >= 4 is 35.0 Å². The number of halogens is 2. The fourth-order valence-corrected chi connectivity index (χ4v) is 4.76. The van der Waals surface area contributed by atoms with Gasteiger partial charge in [-0.3, -0.25) is 4.98 Å². The van der Waals surface area contributed by atoms with Crippen LogP contribution in [0.2, 0.25) is 10.0 Å². The van der Waals surface area contributed by atoms with Gasteiger partial charge >= 0.3 is 0 Å². The Morgan fingerprint density at radius 3 is 2.55 bits per heavy atom. The van der Waals surface area contributed by atoms with Gasteiger partial charge in [0.15, 0.2) is 0 Å². The zero-order valence-corrected chi connectivity index (χ0v) is 18.6. The van der Waals surface area contributed by atoms with E-state index in [0.717, 1.165) is 27.1 Å². The van der Waals surface area contributed by atoms with Gasteiger partial charge in [-0.2, -0.15) is 0 Å². The Labute approximate surface area is 185 Å². The molecule has 0 amide bonds. The van der Waals surface area contributed by atoms with Crippen LogP contribution in [0.1, 0.15) is 37.0 Å². The molecule has 3 rings (SSSR count). The second-order valence-electron chi connectivity index (χ2n) is 6.76. The van der Waals surface area contributed by atoms with Crippen molar-refractivity contribution in [3.63, 3.8) is 0 Å². The first-order chi connectivity index (χ1) is 14.0. The molecule has 0 radical (unpaired) electrons. The lowest BCUT2D eigenvalue weighted by Gasteiger charge is -2.13. The van der Waals surface area contributed by atoms with Crippen LogP contribution in [0, 0.1) is 0 Å². The van der Waals surface area contributed by atoms with E-state index in [4.69, 9.17) is 38.0 Å². The lowest BCUT2D eigenvalue weighted by atomic mass is 10.1. The Bertz CT molecular complexity index is 928. The monoisotopic (exact) mass is 451 g/mol. The summed E-state index contributed by atoms with van der Waals surface area (Å²) in [4.78, 5) is 10.3. The zero-order valence-electron chi connectivity index (χ0n) is 16.3. The van der Waals surface area contributed by atoms with Crippen molar-refractivity contribution in [2.75, 3.05) is 13.2 Å². The summed E-state index contributed by atoms with van der Waals surface area (Å²) < 4.78 is 7.70. The molecule has 1 N–H and O–H groups in total. The van der Waals surface area contributed by atoms with E-state index in [1.807, 2.05) is 30.3 Å². The lowest BCUT2D eigenvalue weighted by molar-refractivity contribution is 0.0758. The van der Waals surface area contributed by atoms with Gasteiger partial charge in [0.05, 0.1) is 31.1 Å². The Morgan fingerprint density at radius 1 is 1.17 bits per heavy atom. The van der Waals surface area contributed by atoms with E-state index in [-0.39, 0.29) is 19.1 Å². The molecule has 0 spiro atoms. The van der Waals surface area contributed by atoms with Crippen LogP contribution < -0.4 is 0 Å². The second kappa shape index (κ2) is 10.5. The Kier molecular flexibility index (Phi) is 7.98. The van der Waals surface area contributed by atoms with E-state index in [1.165, 1.54) is 0 Å². The Balaban J connectivity index is 2.04. The van der Waals surface area contributed by atoms with Crippen molar-refractivity contribution in [1.82, 2.24) is 14.5 Å². The van der Waals surface area contributed by atoms with Crippen molar-refractivity contribution < 1.29 is 9.84 Å². The molecule has 2 aromatic heterocycles. The molecule has 1 aromatic carbocycles. The van der Waals surface area contributed by atoms with Crippen LogP contribution in [0.4, 0.5) is 0 Å². The highest BCUT2D eigenvalue weighted by atomic mass is 35.5. The van der Waals surface area contributed by atoms with Crippen LogP contribution in [0.3, 0.4) is 0 Å². The third-order valence-electron chi connectivity index (χ3n) is 4.14. The molecule has 0 aliphatic carbocycles. The molecule has 0 fully saturated rings. The Hall–Kier alpha value is -1.57. The molecular weight excluding hydrogens is 429 g/mol. The number of ether oxygens (including phenoxy) is 1. The lowest BCUT2D eigenvalue weighted by Crippen LogP contribution is -2.10. The summed E-state index contributed by atoms with van der Waals surface area (Å²) in [5.41, 5.74) is 1.90. The van der Waals surface area contributed by atoms with Crippen LogP contribution in [0.25, 0.3) is 0 Å². The van der Waals surface area contributed by atoms with Gasteiger partial charge in [-0.1, -0.05) is 54.9 Å². The standard InChI is InChI=1S/C21H23Cl2N3O2S/c1-14(2)20-21(29-18-10-15(22)9-16(23)11-18)26(12-17-5-3-4-6-24-17)19(25-20)13-28-8-7-27/h3-6,9-11,14,27H,7-8,12-13H2,1-2H3. The molecule has 3 aromatic rings. The number of benzene rings is 1. The highest BCUT2D eigenvalue weighted by Gasteiger charge is 2.21. The fourth-order valence-electron chi connectivity index (χ4n) is 2.84. The molecule has 0 bridgehead atoms. The SMILES string of the molecule is CC(C)c1nc(COCCO)n(Cc2ccccn2)c1Sc1cc(Cl)cc(Cl)c1. The molecular formula is C21H23Cl2N3O2S. The summed E-state index contributed by atoms with van der Waals surface area (Å²) >= 11 is 14.0. The minimum absolute atomic E-state index is 0.0272. The Morgan fingerprint density at radius 2 is 1.93 bits per heavy atom. The predicted molar refractivity (Wildman–Crippen MR) is 117 cm³/mol. The quantitative estimate of drug-likeness (QED) is 0.440. The summed E-state index contributed by atoms with van der Waals surface area (Å²) in [7, 11) is 0. The smallest absolute Gasteiger partial charge is 0.136 e. The van der Waals surface area contributed by atoms with Gasteiger partial charge in [0.2, 0.25) is 0 Å². The van der Waals surface area contributed by atoms with Crippen LogP contribution in [0.15, 0.2) is 52.5 Å². The molecule has 0 atom stereocenters. The molecule has 2 heterocycles. The molecule has 154 valence electrons. The molecule has 0 saturated carbocycles. The number of aromatic nitrogens is 3. The maximum absolute atomic E-state index is 9.05. The third-order valence-corrected chi connectivity index (χ3v) is 5.67. The van der Waals surface area contributed by atoms with Crippen molar-refractivity contribution in [2.45, 2.75) is 42.8 Å². The van der Waals surface area contributed by atoms with Gasteiger partial charge < -0.3 is 14.4 Å². The molecule has 5 nitrogen and oxygen atoms in total. The van der Waals surface area contributed by atoms with Gasteiger partial charge in [0.25, 0.3) is 0 Å². The average molecular weight is 452 g/mol. The number of pyridine rings is 1. The maximum atomic E-state index is 9.05. The normalized spacial score (nSPS) is 11.4. The number of rotatable bonds is 9. The average Bonchev–Trinajstić information content (AvgIpc) is 3.00. The van der Waals surface area contributed by atoms with Crippen molar-refractivity contribution in [3.8, 4) is 0 Å². The molecule has 0 aliphatic rings. The first-order valence-corrected chi connectivity index (χ1v) is 10.9. The third kappa shape index (κ3) is 5.96. The summed E-state index contributed by atoms with van der Waals surface area (Å²) in [5.74, 6) is 1.01. The van der Waals surface area contributed by atoms with Crippen LogP contribution in [-0.2, 0) is 17.9 Å². The molecule has 0 saturated heterocycles. The summed E-state index contributed by atoms with van der Waals surface area (Å²) in [6.07, 6.45) is 1.78. The summed E-state index contributed by atoms with van der Waals surface area (Å²) in [5, 5.41) is 11.2. The van der Waals surface area contributed by atoms with Crippen molar-refractivity contribution in [3.05, 3.63) is 69.9 Å². The number of aliphatic hydroxyl groups is 1. The summed E-state index contributed by atoms with van der Waals surface area (Å²) in [6, 6.07) is 11.3. The van der Waals surface area contributed by atoms with E-state index < -0.39 is 0 Å². The van der Waals surface area contributed by atoms with Crippen LogP contribution in [-0.4, -0.2) is 32.9 Å². The van der Waals surface area contributed by atoms with Gasteiger partial charge in [-0.25, -0.2) is 4.98 Å². The van der Waals surface area contributed by atoms with E-state index in [9.17, 15) is 0 Å². The van der Waals surface area contributed by atoms with Crippen LogP contribution in [0.5, 0.6) is 0 Å². The first kappa shape index (κ1) is 22.1. The van der Waals surface area contributed by atoms with Gasteiger partial charge in [-0.05, 0) is 36.2 Å². The van der Waals surface area contributed by atoms with Gasteiger partial charge in [0.1, 0.15) is 17.5 Å². The molecule has 0 aliphatic heterocycles. The number of imidazole rings is 1. The van der Waals surface area contributed by atoms with E-state index in [2.05, 4.69) is 23.4 Å². The maximum Gasteiger partial charge on any atom is 0.136 e. The van der Waals surface area contributed by atoms with Crippen LogP contribution >= 0.6 is 35.0 Å². The number of aliphatic hydroxyl groups excluding tert-OH is 1. The van der Waals surface area contributed by atoms with E-state index >= 15 is 0 Å².